The van der Waals surface area contributed by atoms with Crippen LogP contribution in [0.4, 0.5) is 5.82 Å². The first-order valence-electron chi connectivity index (χ1n) is 9.76. The smallest absolute Gasteiger partial charge is 0.222 e. The van der Waals surface area contributed by atoms with E-state index in [0.29, 0.717) is 17.0 Å². The molecule has 2 heterocycles. The van der Waals surface area contributed by atoms with Gasteiger partial charge in [-0.1, -0.05) is 37.3 Å². The number of aromatic nitrogens is 2. The topological polar surface area (TPSA) is 49.3 Å². The second-order valence-electron chi connectivity index (χ2n) is 7.74. The molecule has 5 nitrogen and oxygen atoms in total. The number of amides is 1. The Balaban J connectivity index is 1.29. The van der Waals surface area contributed by atoms with E-state index in [0.717, 1.165) is 56.6 Å². The van der Waals surface area contributed by atoms with Crippen molar-refractivity contribution in [2.45, 2.75) is 57.3 Å². The number of hydrogen-bond acceptors (Lipinski definition) is 4. The number of piperazine rings is 1. The summed E-state index contributed by atoms with van der Waals surface area (Å²) in [5.41, 5.74) is 0. The van der Waals surface area contributed by atoms with E-state index in [-0.39, 0.29) is 0 Å². The fraction of sp³-hybridized carbons (Fsp3) is 0.737. The maximum absolute atomic E-state index is 12.5. The van der Waals surface area contributed by atoms with Crippen molar-refractivity contribution in [2.24, 2.45) is 5.92 Å². The third-order valence-electron chi connectivity index (χ3n) is 5.84. The minimum atomic E-state index is 0.325. The maximum Gasteiger partial charge on any atom is 0.222 e. The highest BCUT2D eigenvalue weighted by Gasteiger charge is 2.29. The van der Waals surface area contributed by atoms with Crippen molar-refractivity contribution in [3.63, 3.8) is 0 Å². The van der Waals surface area contributed by atoms with Crippen molar-refractivity contribution >= 4 is 23.3 Å². The molecular formula is C19H27ClN4O. The molecule has 1 aromatic heterocycles. The molecule has 3 fully saturated rings. The summed E-state index contributed by atoms with van der Waals surface area (Å²) in [5.74, 6) is 3.41. The number of carbonyl (C=O) groups excluding carboxylic acids is 1. The van der Waals surface area contributed by atoms with Gasteiger partial charge >= 0.3 is 0 Å². The molecule has 0 aromatic carbocycles. The van der Waals surface area contributed by atoms with Crippen LogP contribution in [0.5, 0.6) is 0 Å². The zero-order valence-corrected chi connectivity index (χ0v) is 15.5. The molecule has 0 unspecified atom stereocenters. The summed E-state index contributed by atoms with van der Waals surface area (Å²) in [6.45, 7) is 3.22. The first kappa shape index (κ1) is 17.1. The Morgan fingerprint density at radius 1 is 1.08 bits per heavy atom. The minimum Gasteiger partial charge on any atom is -0.353 e. The molecule has 0 atom stereocenters. The molecule has 1 saturated heterocycles. The van der Waals surface area contributed by atoms with Crippen LogP contribution in [0.15, 0.2) is 6.07 Å². The summed E-state index contributed by atoms with van der Waals surface area (Å²) in [5, 5.41) is 0.530. The lowest BCUT2D eigenvalue weighted by molar-refractivity contribution is -0.131. The Morgan fingerprint density at radius 2 is 1.80 bits per heavy atom. The van der Waals surface area contributed by atoms with Crippen molar-refractivity contribution in [3.05, 3.63) is 17.0 Å². The van der Waals surface area contributed by atoms with Gasteiger partial charge in [0, 0.05) is 44.6 Å². The van der Waals surface area contributed by atoms with Gasteiger partial charge in [-0.05, 0) is 25.2 Å². The number of rotatable bonds is 5. The number of nitrogens with zero attached hydrogens (tertiary/aromatic N) is 4. The molecule has 136 valence electrons. The quantitative estimate of drug-likeness (QED) is 0.750. The van der Waals surface area contributed by atoms with Gasteiger partial charge in [0.15, 0.2) is 0 Å². The van der Waals surface area contributed by atoms with Crippen molar-refractivity contribution in [3.8, 4) is 0 Å². The van der Waals surface area contributed by atoms with Crippen LogP contribution in [0.3, 0.4) is 0 Å². The Bertz CT molecular complexity index is 620. The van der Waals surface area contributed by atoms with Gasteiger partial charge in [-0.3, -0.25) is 4.79 Å². The van der Waals surface area contributed by atoms with Crippen LogP contribution >= 0.6 is 11.6 Å². The van der Waals surface area contributed by atoms with Crippen LogP contribution in [-0.2, 0) is 4.79 Å². The van der Waals surface area contributed by atoms with E-state index in [1.807, 2.05) is 11.0 Å². The first-order valence-corrected chi connectivity index (χ1v) is 10.1. The van der Waals surface area contributed by atoms with Gasteiger partial charge in [0.25, 0.3) is 0 Å². The van der Waals surface area contributed by atoms with Crippen LogP contribution in [0.25, 0.3) is 0 Å². The van der Waals surface area contributed by atoms with Crippen molar-refractivity contribution < 1.29 is 4.79 Å². The van der Waals surface area contributed by atoms with Crippen molar-refractivity contribution in [1.29, 1.82) is 0 Å². The fourth-order valence-electron chi connectivity index (χ4n) is 4.08. The average molecular weight is 363 g/mol. The molecule has 4 rings (SSSR count). The summed E-state index contributed by atoms with van der Waals surface area (Å²) in [6.07, 6.45) is 9.47. The molecule has 1 amide bonds. The highest BCUT2D eigenvalue weighted by molar-refractivity contribution is 6.29. The molecule has 3 aliphatic rings. The SMILES string of the molecule is O=C(CCC1CCCC1)N1CCN(c2cc(Cl)nc(C3CC3)n2)CC1. The maximum atomic E-state index is 12.5. The van der Waals surface area contributed by atoms with Gasteiger partial charge < -0.3 is 9.80 Å². The Labute approximate surface area is 154 Å². The summed E-state index contributed by atoms with van der Waals surface area (Å²) in [6, 6.07) is 1.85. The second kappa shape index (κ2) is 7.48. The number of carbonyl (C=O) groups is 1. The van der Waals surface area contributed by atoms with E-state index in [1.165, 1.54) is 38.5 Å². The molecule has 1 aromatic rings. The van der Waals surface area contributed by atoms with E-state index in [9.17, 15) is 4.79 Å². The highest BCUT2D eigenvalue weighted by atomic mass is 35.5. The molecule has 2 aliphatic carbocycles. The lowest BCUT2D eigenvalue weighted by Crippen LogP contribution is -2.49. The number of anilines is 1. The summed E-state index contributed by atoms with van der Waals surface area (Å²) in [7, 11) is 0. The molecule has 25 heavy (non-hydrogen) atoms. The van der Waals surface area contributed by atoms with Crippen molar-refractivity contribution in [1.82, 2.24) is 14.9 Å². The molecule has 1 aliphatic heterocycles. The molecule has 0 N–H and O–H groups in total. The molecule has 0 radical (unpaired) electrons. The van der Waals surface area contributed by atoms with Crippen LogP contribution in [0.2, 0.25) is 5.15 Å². The Morgan fingerprint density at radius 3 is 2.48 bits per heavy atom. The third-order valence-corrected chi connectivity index (χ3v) is 6.03. The Hall–Kier alpha value is -1.36. The van der Waals surface area contributed by atoms with Crippen molar-refractivity contribution in [2.75, 3.05) is 31.1 Å². The highest BCUT2D eigenvalue weighted by Crippen LogP contribution is 2.39. The second-order valence-corrected chi connectivity index (χ2v) is 8.13. The zero-order chi connectivity index (χ0) is 17.2. The van der Waals surface area contributed by atoms with E-state index >= 15 is 0 Å². The fourth-order valence-corrected chi connectivity index (χ4v) is 4.26. The van der Waals surface area contributed by atoms with Gasteiger partial charge in [-0.2, -0.15) is 0 Å². The van der Waals surface area contributed by atoms with E-state index < -0.39 is 0 Å². The van der Waals surface area contributed by atoms with E-state index in [2.05, 4.69) is 9.88 Å². The number of hydrogen-bond donors (Lipinski definition) is 0. The predicted molar refractivity (Wildman–Crippen MR) is 99.0 cm³/mol. The number of halogens is 1. The van der Waals surface area contributed by atoms with Gasteiger partial charge in [0.05, 0.1) is 0 Å². The van der Waals surface area contributed by atoms with Crippen LogP contribution in [0, 0.1) is 5.92 Å². The summed E-state index contributed by atoms with van der Waals surface area (Å²) >= 11 is 6.18. The summed E-state index contributed by atoms with van der Waals surface area (Å²) < 4.78 is 0. The van der Waals surface area contributed by atoms with Gasteiger partial charge in [-0.25, -0.2) is 9.97 Å². The van der Waals surface area contributed by atoms with E-state index in [1.54, 1.807) is 0 Å². The van der Waals surface area contributed by atoms with Gasteiger partial charge in [0.1, 0.15) is 16.8 Å². The van der Waals surface area contributed by atoms with Gasteiger partial charge in [-0.15, -0.1) is 0 Å². The largest absolute Gasteiger partial charge is 0.353 e. The van der Waals surface area contributed by atoms with E-state index in [4.69, 9.17) is 16.6 Å². The van der Waals surface area contributed by atoms with Crippen LogP contribution in [0.1, 0.15) is 63.1 Å². The monoisotopic (exact) mass is 362 g/mol. The zero-order valence-electron chi connectivity index (χ0n) is 14.8. The average Bonchev–Trinajstić information content (AvgIpc) is 3.35. The standard InChI is InChI=1S/C19H27ClN4O/c20-16-13-17(22-19(21-16)15-6-7-15)23-9-11-24(12-10-23)18(25)8-5-14-3-1-2-4-14/h13-15H,1-12H2. The predicted octanol–water partition coefficient (Wildman–Crippen LogP) is 3.63. The Kier molecular flexibility index (Phi) is 5.11. The van der Waals surface area contributed by atoms with Crippen LogP contribution < -0.4 is 4.90 Å². The lowest BCUT2D eigenvalue weighted by Gasteiger charge is -2.35. The van der Waals surface area contributed by atoms with Gasteiger partial charge in [0.2, 0.25) is 5.91 Å². The molecule has 0 bridgehead atoms. The lowest BCUT2D eigenvalue weighted by atomic mass is 10.0. The third kappa shape index (κ3) is 4.25. The van der Waals surface area contributed by atoms with Crippen LogP contribution in [-0.4, -0.2) is 47.0 Å². The molecule has 6 heteroatoms. The minimum absolute atomic E-state index is 0.325. The first-order chi connectivity index (χ1) is 12.2. The summed E-state index contributed by atoms with van der Waals surface area (Å²) in [4.78, 5) is 25.8. The molecular weight excluding hydrogens is 336 g/mol. The normalized spacial score (nSPS) is 21.8. The molecule has 2 saturated carbocycles. The molecule has 0 spiro atoms.